The van der Waals surface area contributed by atoms with E-state index in [4.69, 9.17) is 4.74 Å². The fourth-order valence-electron chi connectivity index (χ4n) is 2.43. The van der Waals surface area contributed by atoms with Crippen molar-refractivity contribution in [3.05, 3.63) is 5.01 Å². The van der Waals surface area contributed by atoms with Crippen molar-refractivity contribution in [3.63, 3.8) is 0 Å². The van der Waals surface area contributed by atoms with E-state index in [9.17, 15) is 9.59 Å². The lowest BCUT2D eigenvalue weighted by atomic mass is 10.1. The van der Waals surface area contributed by atoms with E-state index in [1.165, 1.54) is 11.3 Å². The molecule has 1 fully saturated rings. The van der Waals surface area contributed by atoms with Crippen LogP contribution in [0.2, 0.25) is 0 Å². The molecule has 2 heterocycles. The number of likely N-dealkylation sites (tertiary alicyclic amines) is 1. The van der Waals surface area contributed by atoms with Gasteiger partial charge in [-0.1, -0.05) is 24.7 Å². The van der Waals surface area contributed by atoms with E-state index in [0.717, 1.165) is 24.4 Å². The van der Waals surface area contributed by atoms with Crippen LogP contribution in [0.25, 0.3) is 0 Å². The molecule has 128 valence electrons. The van der Waals surface area contributed by atoms with Crippen molar-refractivity contribution in [3.8, 4) is 0 Å². The Morgan fingerprint density at radius 1 is 1.43 bits per heavy atom. The summed E-state index contributed by atoms with van der Waals surface area (Å²) in [6, 6.07) is 0. The number of carbonyl (C=O) groups excluding carboxylic acids is 2. The highest BCUT2D eigenvalue weighted by Gasteiger charge is 2.34. The van der Waals surface area contributed by atoms with Crippen molar-refractivity contribution < 1.29 is 14.3 Å². The third-order valence-electron chi connectivity index (χ3n) is 3.73. The van der Waals surface area contributed by atoms with Crippen molar-refractivity contribution in [2.45, 2.75) is 39.5 Å². The summed E-state index contributed by atoms with van der Waals surface area (Å²) in [6.45, 7) is 6.54. The van der Waals surface area contributed by atoms with Gasteiger partial charge < -0.3 is 15.0 Å². The van der Waals surface area contributed by atoms with Crippen LogP contribution in [0, 0.1) is 5.92 Å². The van der Waals surface area contributed by atoms with Gasteiger partial charge in [0.05, 0.1) is 12.5 Å². The maximum Gasteiger partial charge on any atom is 0.231 e. The zero-order valence-corrected chi connectivity index (χ0v) is 14.5. The Kier molecular flexibility index (Phi) is 6.91. The van der Waals surface area contributed by atoms with Crippen LogP contribution in [-0.4, -0.2) is 53.2 Å². The molecule has 8 heteroatoms. The molecule has 1 N–H and O–H groups in total. The molecule has 1 aromatic rings. The number of rotatable bonds is 9. The molecule has 0 aromatic carbocycles. The van der Waals surface area contributed by atoms with E-state index < -0.39 is 0 Å². The van der Waals surface area contributed by atoms with Gasteiger partial charge in [-0.05, 0) is 13.3 Å². The van der Waals surface area contributed by atoms with Gasteiger partial charge in [-0.2, -0.15) is 0 Å². The van der Waals surface area contributed by atoms with Crippen LogP contribution in [0.15, 0.2) is 0 Å². The highest BCUT2D eigenvalue weighted by molar-refractivity contribution is 7.15. The van der Waals surface area contributed by atoms with Crippen molar-refractivity contribution >= 4 is 28.3 Å². The summed E-state index contributed by atoms with van der Waals surface area (Å²) >= 11 is 1.35. The molecule has 1 aliphatic rings. The number of unbranched alkanes of at least 4 members (excludes halogenated alkanes) is 1. The van der Waals surface area contributed by atoms with E-state index in [1.807, 2.05) is 6.92 Å². The first-order valence-corrected chi connectivity index (χ1v) is 8.94. The fourth-order valence-corrected chi connectivity index (χ4v) is 3.15. The molecule has 1 unspecified atom stereocenters. The molecule has 23 heavy (non-hydrogen) atoms. The zero-order valence-electron chi connectivity index (χ0n) is 13.7. The third kappa shape index (κ3) is 5.24. The number of amides is 2. The topological polar surface area (TPSA) is 84.4 Å². The van der Waals surface area contributed by atoms with Crippen LogP contribution < -0.4 is 5.32 Å². The summed E-state index contributed by atoms with van der Waals surface area (Å²) in [6.07, 6.45) is 2.98. The minimum atomic E-state index is -0.296. The maximum atomic E-state index is 12.3. The second-order valence-electron chi connectivity index (χ2n) is 5.53. The zero-order chi connectivity index (χ0) is 16.7. The summed E-state index contributed by atoms with van der Waals surface area (Å²) in [7, 11) is 0. The van der Waals surface area contributed by atoms with E-state index >= 15 is 0 Å². The quantitative estimate of drug-likeness (QED) is 0.692. The summed E-state index contributed by atoms with van der Waals surface area (Å²) in [5, 5.41) is 12.1. The first-order chi connectivity index (χ1) is 11.1. The number of carbonyl (C=O) groups is 2. The third-order valence-corrected chi connectivity index (χ3v) is 4.63. The standard InChI is InChI=1S/C15H24N4O3S/c1-3-5-7-19-10-11(9-13(19)20)14(21)16-15-18-17-12(23-15)6-8-22-4-2/h11H,3-10H2,1-2H3,(H,16,18,21). The van der Waals surface area contributed by atoms with E-state index in [2.05, 4.69) is 22.4 Å². The van der Waals surface area contributed by atoms with Gasteiger partial charge in [0.15, 0.2) is 0 Å². The first-order valence-electron chi connectivity index (χ1n) is 8.12. The van der Waals surface area contributed by atoms with Gasteiger partial charge in [-0.15, -0.1) is 10.2 Å². The number of nitrogens with zero attached hydrogens (tertiary/aromatic N) is 3. The first kappa shape index (κ1) is 17.8. The monoisotopic (exact) mass is 340 g/mol. The van der Waals surface area contributed by atoms with E-state index in [-0.39, 0.29) is 24.2 Å². The molecule has 1 atom stereocenters. The number of hydrogen-bond acceptors (Lipinski definition) is 6. The van der Waals surface area contributed by atoms with Gasteiger partial charge in [0, 0.05) is 32.5 Å². The Bertz CT molecular complexity index is 535. The Balaban J connectivity index is 1.81. The number of aromatic nitrogens is 2. The van der Waals surface area contributed by atoms with Gasteiger partial charge in [0.2, 0.25) is 16.9 Å². The maximum absolute atomic E-state index is 12.3. The lowest BCUT2D eigenvalue weighted by Gasteiger charge is -2.15. The van der Waals surface area contributed by atoms with Crippen LogP contribution >= 0.6 is 11.3 Å². The number of ether oxygens (including phenoxy) is 1. The van der Waals surface area contributed by atoms with Gasteiger partial charge in [0.1, 0.15) is 5.01 Å². The SMILES string of the molecule is CCCCN1CC(C(=O)Nc2nnc(CCOCC)s2)CC1=O. The molecule has 1 saturated heterocycles. The average molecular weight is 340 g/mol. The molecule has 2 amide bonds. The predicted molar refractivity (Wildman–Crippen MR) is 88.3 cm³/mol. The van der Waals surface area contributed by atoms with Crippen molar-refractivity contribution in [1.29, 1.82) is 0 Å². The normalized spacial score (nSPS) is 17.7. The molecular weight excluding hydrogens is 316 g/mol. The average Bonchev–Trinajstić information content (AvgIpc) is 3.12. The van der Waals surface area contributed by atoms with Crippen LogP contribution in [0.5, 0.6) is 0 Å². The molecule has 1 aliphatic heterocycles. The highest BCUT2D eigenvalue weighted by atomic mass is 32.1. The summed E-state index contributed by atoms with van der Waals surface area (Å²) in [4.78, 5) is 26.0. The van der Waals surface area contributed by atoms with Gasteiger partial charge in [-0.25, -0.2) is 0 Å². The Morgan fingerprint density at radius 3 is 3.00 bits per heavy atom. The molecule has 7 nitrogen and oxygen atoms in total. The lowest BCUT2D eigenvalue weighted by molar-refractivity contribution is -0.128. The smallest absolute Gasteiger partial charge is 0.231 e. The summed E-state index contributed by atoms with van der Waals surface area (Å²) in [5.41, 5.74) is 0. The molecule has 0 spiro atoms. The second-order valence-corrected chi connectivity index (χ2v) is 6.59. The minimum absolute atomic E-state index is 0.0632. The summed E-state index contributed by atoms with van der Waals surface area (Å²) in [5.74, 6) is -0.381. The van der Waals surface area contributed by atoms with Crippen LogP contribution in [-0.2, 0) is 20.7 Å². The molecule has 1 aromatic heterocycles. The largest absolute Gasteiger partial charge is 0.381 e. The number of nitrogens with one attached hydrogen (secondary N) is 1. The fraction of sp³-hybridized carbons (Fsp3) is 0.733. The molecule has 0 bridgehead atoms. The second kappa shape index (κ2) is 8.93. The Hall–Kier alpha value is -1.54. The Morgan fingerprint density at radius 2 is 2.26 bits per heavy atom. The van der Waals surface area contributed by atoms with E-state index in [0.29, 0.717) is 31.3 Å². The highest BCUT2D eigenvalue weighted by Crippen LogP contribution is 2.22. The van der Waals surface area contributed by atoms with Gasteiger partial charge in [-0.3, -0.25) is 9.59 Å². The van der Waals surface area contributed by atoms with Gasteiger partial charge in [0.25, 0.3) is 0 Å². The Labute approximate surface area is 140 Å². The molecule has 2 rings (SSSR count). The molecular formula is C15H24N4O3S. The molecule has 0 aliphatic carbocycles. The molecule has 0 saturated carbocycles. The lowest BCUT2D eigenvalue weighted by Crippen LogP contribution is -2.29. The van der Waals surface area contributed by atoms with Gasteiger partial charge >= 0.3 is 0 Å². The van der Waals surface area contributed by atoms with Crippen molar-refractivity contribution in [2.75, 3.05) is 31.6 Å². The van der Waals surface area contributed by atoms with Crippen molar-refractivity contribution in [1.82, 2.24) is 15.1 Å². The van der Waals surface area contributed by atoms with Crippen LogP contribution in [0.3, 0.4) is 0 Å². The number of anilines is 1. The molecule has 0 radical (unpaired) electrons. The van der Waals surface area contributed by atoms with E-state index in [1.54, 1.807) is 4.90 Å². The number of hydrogen-bond donors (Lipinski definition) is 1. The van der Waals surface area contributed by atoms with Crippen LogP contribution in [0.4, 0.5) is 5.13 Å². The predicted octanol–water partition coefficient (Wildman–Crippen LogP) is 1.70. The van der Waals surface area contributed by atoms with Crippen molar-refractivity contribution in [2.24, 2.45) is 5.92 Å². The van der Waals surface area contributed by atoms with Crippen LogP contribution in [0.1, 0.15) is 38.1 Å². The summed E-state index contributed by atoms with van der Waals surface area (Å²) < 4.78 is 5.27. The minimum Gasteiger partial charge on any atom is -0.381 e.